The molecule has 0 fully saturated rings. The average Bonchev–Trinajstić information content (AvgIpc) is 2.67. The van der Waals surface area contributed by atoms with E-state index in [1.54, 1.807) is 23.9 Å². The van der Waals surface area contributed by atoms with Crippen LogP contribution in [0.3, 0.4) is 0 Å². The molecule has 3 N–H and O–H groups in total. The van der Waals surface area contributed by atoms with Crippen molar-refractivity contribution < 1.29 is 5.21 Å². The van der Waals surface area contributed by atoms with Crippen molar-refractivity contribution in [3.05, 3.63) is 35.0 Å². The maximum absolute atomic E-state index is 8.85. The summed E-state index contributed by atoms with van der Waals surface area (Å²) in [5, 5.41) is 16.1. The second-order valence-electron chi connectivity index (χ2n) is 3.93. The third kappa shape index (κ3) is 1.90. The van der Waals surface area contributed by atoms with Gasteiger partial charge in [0.05, 0.1) is 5.56 Å². The topological polar surface area (TPSA) is 102 Å². The molecule has 18 heavy (non-hydrogen) atoms. The zero-order valence-corrected chi connectivity index (χ0v) is 10.4. The van der Waals surface area contributed by atoms with Gasteiger partial charge >= 0.3 is 0 Å². The molecular formula is C11H14N6O. The van der Waals surface area contributed by atoms with E-state index >= 15 is 0 Å². The van der Waals surface area contributed by atoms with Gasteiger partial charge in [0.25, 0.3) is 0 Å². The van der Waals surface area contributed by atoms with Crippen LogP contribution in [0.2, 0.25) is 0 Å². The molecular weight excluding hydrogens is 232 g/mol. The summed E-state index contributed by atoms with van der Waals surface area (Å²) in [4.78, 5) is 8.45. The van der Waals surface area contributed by atoms with E-state index in [0.29, 0.717) is 23.0 Å². The van der Waals surface area contributed by atoms with Crippen LogP contribution in [0.25, 0.3) is 5.82 Å². The lowest BCUT2D eigenvalue weighted by Crippen LogP contribution is -2.20. The minimum atomic E-state index is 0.00292. The fourth-order valence-electron chi connectivity index (χ4n) is 1.79. The van der Waals surface area contributed by atoms with E-state index in [0.717, 1.165) is 5.56 Å². The molecule has 94 valence electrons. The molecule has 0 aliphatic carbocycles. The van der Waals surface area contributed by atoms with E-state index in [9.17, 15) is 0 Å². The fraction of sp³-hybridized carbons (Fsp3) is 0.273. The van der Waals surface area contributed by atoms with Gasteiger partial charge in [-0.1, -0.05) is 5.16 Å². The number of aromatic nitrogens is 4. The van der Waals surface area contributed by atoms with Gasteiger partial charge < -0.3 is 10.9 Å². The van der Waals surface area contributed by atoms with Crippen molar-refractivity contribution in [2.75, 3.05) is 0 Å². The molecule has 0 atom stereocenters. The van der Waals surface area contributed by atoms with Crippen LogP contribution in [0.4, 0.5) is 0 Å². The van der Waals surface area contributed by atoms with Crippen molar-refractivity contribution in [2.45, 2.75) is 20.8 Å². The van der Waals surface area contributed by atoms with Crippen molar-refractivity contribution in [2.24, 2.45) is 10.9 Å². The van der Waals surface area contributed by atoms with Crippen LogP contribution in [-0.4, -0.2) is 30.8 Å². The van der Waals surface area contributed by atoms with Crippen molar-refractivity contribution >= 4 is 5.84 Å². The molecule has 7 nitrogen and oxygen atoms in total. The molecule has 0 aliphatic heterocycles. The summed E-state index contributed by atoms with van der Waals surface area (Å²) in [7, 11) is 0. The number of aryl methyl sites for hydroxylation is 3. The fourth-order valence-corrected chi connectivity index (χ4v) is 1.79. The van der Waals surface area contributed by atoms with Crippen molar-refractivity contribution in [1.82, 2.24) is 19.7 Å². The van der Waals surface area contributed by atoms with Crippen LogP contribution >= 0.6 is 0 Å². The first-order valence-corrected chi connectivity index (χ1v) is 5.38. The zero-order chi connectivity index (χ0) is 13.3. The van der Waals surface area contributed by atoms with E-state index in [1.807, 2.05) is 13.8 Å². The minimum Gasteiger partial charge on any atom is -0.409 e. The van der Waals surface area contributed by atoms with E-state index in [2.05, 4.69) is 20.2 Å². The maximum atomic E-state index is 8.85. The third-order valence-corrected chi connectivity index (χ3v) is 2.58. The number of nitrogens with two attached hydrogens (primary N) is 1. The Labute approximate surface area is 104 Å². The first-order chi connectivity index (χ1) is 8.54. The predicted octanol–water partition coefficient (Wildman–Crippen LogP) is 0.682. The van der Waals surface area contributed by atoms with Crippen LogP contribution in [0.5, 0.6) is 0 Å². The smallest absolute Gasteiger partial charge is 0.174 e. The number of hydrogen-bond donors (Lipinski definition) is 2. The second-order valence-corrected chi connectivity index (χ2v) is 3.93. The Hall–Kier alpha value is -2.44. The molecule has 0 aliphatic rings. The summed E-state index contributed by atoms with van der Waals surface area (Å²) >= 11 is 0. The van der Waals surface area contributed by atoms with Crippen LogP contribution in [0.15, 0.2) is 17.4 Å². The molecule has 0 unspecified atom stereocenters. The average molecular weight is 246 g/mol. The van der Waals surface area contributed by atoms with Gasteiger partial charge in [-0.3, -0.25) is 0 Å². The quantitative estimate of drug-likeness (QED) is 0.351. The highest BCUT2D eigenvalue weighted by atomic mass is 16.4. The lowest BCUT2D eigenvalue weighted by atomic mass is 10.1. The standard InChI is InChI=1S/C11H14N6O/c1-6-4-5-13-11(9(6)10(12)16-18)17-8(3)14-7(2)15-17/h4-5,18H,1-3H3,(H2,12,16). The Morgan fingerprint density at radius 3 is 2.67 bits per heavy atom. The highest BCUT2D eigenvalue weighted by molar-refractivity contribution is 6.01. The molecule has 2 heterocycles. The maximum Gasteiger partial charge on any atom is 0.174 e. The molecule has 2 rings (SSSR count). The third-order valence-electron chi connectivity index (χ3n) is 2.58. The number of amidine groups is 1. The Kier molecular flexibility index (Phi) is 2.97. The predicted molar refractivity (Wildman–Crippen MR) is 65.9 cm³/mol. The number of nitrogens with zero attached hydrogens (tertiary/aromatic N) is 5. The highest BCUT2D eigenvalue weighted by Gasteiger charge is 2.16. The largest absolute Gasteiger partial charge is 0.409 e. The van der Waals surface area contributed by atoms with Gasteiger partial charge in [0.15, 0.2) is 11.7 Å². The van der Waals surface area contributed by atoms with Crippen molar-refractivity contribution in [3.8, 4) is 5.82 Å². The summed E-state index contributed by atoms with van der Waals surface area (Å²) in [5.41, 5.74) is 7.09. The summed E-state index contributed by atoms with van der Waals surface area (Å²) in [6.45, 7) is 5.47. The molecule has 0 radical (unpaired) electrons. The zero-order valence-electron chi connectivity index (χ0n) is 10.4. The van der Waals surface area contributed by atoms with E-state index in [4.69, 9.17) is 10.9 Å². The molecule has 0 saturated carbocycles. The lowest BCUT2D eigenvalue weighted by molar-refractivity contribution is 0.318. The van der Waals surface area contributed by atoms with Gasteiger partial charge in [0.1, 0.15) is 11.6 Å². The monoisotopic (exact) mass is 246 g/mol. The van der Waals surface area contributed by atoms with Gasteiger partial charge in [-0.15, -0.1) is 5.10 Å². The molecule has 2 aromatic rings. The van der Waals surface area contributed by atoms with Gasteiger partial charge in [-0.2, -0.15) is 4.68 Å². The van der Waals surface area contributed by atoms with Gasteiger partial charge in [-0.25, -0.2) is 9.97 Å². The van der Waals surface area contributed by atoms with Crippen molar-refractivity contribution in [1.29, 1.82) is 0 Å². The van der Waals surface area contributed by atoms with E-state index in [1.165, 1.54) is 0 Å². The van der Waals surface area contributed by atoms with Gasteiger partial charge in [0.2, 0.25) is 0 Å². The molecule has 0 bridgehead atoms. The van der Waals surface area contributed by atoms with Crippen LogP contribution < -0.4 is 5.73 Å². The lowest BCUT2D eigenvalue weighted by Gasteiger charge is -2.10. The van der Waals surface area contributed by atoms with Crippen LogP contribution in [0, 0.1) is 20.8 Å². The van der Waals surface area contributed by atoms with Crippen LogP contribution in [0.1, 0.15) is 22.8 Å². The Balaban J connectivity index is 2.72. The molecule has 2 aromatic heterocycles. The molecule has 0 spiro atoms. The van der Waals surface area contributed by atoms with Crippen molar-refractivity contribution in [3.63, 3.8) is 0 Å². The van der Waals surface area contributed by atoms with Crippen LogP contribution in [-0.2, 0) is 0 Å². The van der Waals surface area contributed by atoms with E-state index in [-0.39, 0.29) is 5.84 Å². The number of oxime groups is 1. The number of pyridine rings is 1. The molecule has 7 heteroatoms. The minimum absolute atomic E-state index is 0.00292. The second kappa shape index (κ2) is 4.44. The molecule has 0 amide bonds. The number of hydrogen-bond acceptors (Lipinski definition) is 5. The molecule has 0 aromatic carbocycles. The normalized spacial score (nSPS) is 11.8. The number of rotatable bonds is 2. The Morgan fingerprint density at radius 2 is 2.11 bits per heavy atom. The SMILES string of the molecule is Cc1nc(C)n(-c2nccc(C)c2/C(N)=N/O)n1. The highest BCUT2D eigenvalue weighted by Crippen LogP contribution is 2.16. The molecule has 0 saturated heterocycles. The first-order valence-electron chi connectivity index (χ1n) is 5.38. The summed E-state index contributed by atoms with van der Waals surface area (Å²) in [5.74, 6) is 1.84. The van der Waals surface area contributed by atoms with Gasteiger partial charge in [0, 0.05) is 6.20 Å². The Morgan fingerprint density at radius 1 is 1.39 bits per heavy atom. The summed E-state index contributed by atoms with van der Waals surface area (Å²) < 4.78 is 1.58. The van der Waals surface area contributed by atoms with E-state index < -0.39 is 0 Å². The summed E-state index contributed by atoms with van der Waals surface area (Å²) in [6.07, 6.45) is 1.65. The Bertz CT molecular complexity index is 616. The first kappa shape index (κ1) is 12.0. The summed E-state index contributed by atoms with van der Waals surface area (Å²) in [6, 6.07) is 1.79. The van der Waals surface area contributed by atoms with Gasteiger partial charge in [-0.05, 0) is 32.4 Å².